The van der Waals surface area contributed by atoms with Gasteiger partial charge in [0.1, 0.15) is 18.3 Å². The van der Waals surface area contributed by atoms with Gasteiger partial charge in [-0.05, 0) is 26.0 Å². The van der Waals surface area contributed by atoms with Gasteiger partial charge in [0.15, 0.2) is 12.1 Å². The number of hydrogen-bond acceptors (Lipinski definition) is 5. The first kappa shape index (κ1) is 14.5. The fourth-order valence-corrected chi connectivity index (χ4v) is 2.61. The summed E-state index contributed by atoms with van der Waals surface area (Å²) in [5.41, 5.74) is 0.568. The molecule has 6 heteroatoms. The molecule has 114 valence electrons. The third-order valence-corrected chi connectivity index (χ3v) is 3.61. The van der Waals surface area contributed by atoms with Crippen LogP contribution in [0, 0.1) is 0 Å². The zero-order valence-corrected chi connectivity index (χ0v) is 12.0. The Hall–Kier alpha value is -1.47. The van der Waals surface area contributed by atoms with Gasteiger partial charge in [0.25, 0.3) is 5.91 Å². The lowest BCUT2D eigenvalue weighted by Crippen LogP contribution is -2.41. The van der Waals surface area contributed by atoms with Crippen molar-refractivity contribution in [2.45, 2.75) is 44.2 Å². The summed E-state index contributed by atoms with van der Waals surface area (Å²) in [5, 5.41) is 12.9. The Kier molecular flexibility index (Phi) is 3.71. The molecule has 21 heavy (non-hydrogen) atoms. The van der Waals surface area contributed by atoms with E-state index >= 15 is 0 Å². The molecule has 6 nitrogen and oxygen atoms in total. The minimum atomic E-state index is -0.826. The monoisotopic (exact) mass is 293 g/mol. The van der Waals surface area contributed by atoms with Gasteiger partial charge in [-0.1, -0.05) is 18.2 Å². The number of carbonyl (C=O) groups is 1. The maximum absolute atomic E-state index is 11.9. The summed E-state index contributed by atoms with van der Waals surface area (Å²) in [5.74, 6) is -0.959. The molecular weight excluding hydrogens is 274 g/mol. The van der Waals surface area contributed by atoms with Crippen molar-refractivity contribution < 1.29 is 24.1 Å². The number of aliphatic hydroxyl groups is 1. The van der Waals surface area contributed by atoms with E-state index in [9.17, 15) is 9.90 Å². The maximum Gasteiger partial charge on any atom is 0.251 e. The number of rotatable bonds is 3. The average molecular weight is 293 g/mol. The fraction of sp³-hybridized carbons (Fsp3) is 0.533. The van der Waals surface area contributed by atoms with E-state index in [4.69, 9.17) is 14.2 Å². The van der Waals surface area contributed by atoms with Crippen LogP contribution in [-0.4, -0.2) is 47.9 Å². The number of nitrogens with one attached hydrogen (secondary N) is 1. The average Bonchev–Trinajstić information content (AvgIpc) is 2.91. The molecule has 0 aliphatic carbocycles. The molecule has 2 fully saturated rings. The quantitative estimate of drug-likeness (QED) is 0.856. The molecule has 0 radical (unpaired) electrons. The van der Waals surface area contributed by atoms with E-state index in [1.165, 1.54) is 0 Å². The highest BCUT2D eigenvalue weighted by molar-refractivity contribution is 5.94. The molecule has 1 aromatic carbocycles. The molecule has 0 unspecified atom stereocenters. The molecule has 2 aliphatic heterocycles. The Morgan fingerprint density at radius 1 is 1.29 bits per heavy atom. The van der Waals surface area contributed by atoms with E-state index < -0.39 is 30.4 Å². The van der Waals surface area contributed by atoms with Gasteiger partial charge < -0.3 is 24.6 Å². The van der Waals surface area contributed by atoms with Crippen molar-refractivity contribution in [3.63, 3.8) is 0 Å². The SMILES string of the molecule is CC1(C)O[C@H]2O[C@@H](CNC(=O)c3ccccc3)[C@@H](O)[C@H]2O1. The van der Waals surface area contributed by atoms with Crippen LogP contribution in [-0.2, 0) is 14.2 Å². The minimum Gasteiger partial charge on any atom is -0.387 e. The first-order valence-electron chi connectivity index (χ1n) is 6.99. The van der Waals surface area contributed by atoms with Crippen molar-refractivity contribution in [2.75, 3.05) is 6.54 Å². The summed E-state index contributed by atoms with van der Waals surface area (Å²) in [6, 6.07) is 8.89. The second-order valence-corrected chi connectivity index (χ2v) is 5.71. The predicted molar refractivity (Wildman–Crippen MR) is 73.5 cm³/mol. The smallest absolute Gasteiger partial charge is 0.251 e. The van der Waals surface area contributed by atoms with Gasteiger partial charge in [-0.15, -0.1) is 0 Å². The van der Waals surface area contributed by atoms with Crippen molar-refractivity contribution in [3.8, 4) is 0 Å². The molecule has 0 spiro atoms. The second kappa shape index (κ2) is 5.38. The number of amides is 1. The summed E-state index contributed by atoms with van der Waals surface area (Å²) in [6.07, 6.45) is -2.47. The molecule has 4 atom stereocenters. The lowest BCUT2D eigenvalue weighted by Gasteiger charge is -2.23. The molecule has 2 heterocycles. The Bertz CT molecular complexity index is 518. The molecule has 0 aromatic heterocycles. The fourth-order valence-electron chi connectivity index (χ4n) is 2.61. The van der Waals surface area contributed by atoms with E-state index in [1.807, 2.05) is 6.07 Å². The Balaban J connectivity index is 1.55. The topological polar surface area (TPSA) is 77.0 Å². The van der Waals surface area contributed by atoms with Crippen LogP contribution in [0.5, 0.6) is 0 Å². The third-order valence-electron chi connectivity index (χ3n) is 3.61. The normalized spacial score (nSPS) is 33.7. The van der Waals surface area contributed by atoms with Crippen LogP contribution in [0.15, 0.2) is 30.3 Å². The summed E-state index contributed by atoms with van der Waals surface area (Å²) in [7, 11) is 0. The van der Waals surface area contributed by atoms with Gasteiger partial charge in [0.05, 0.1) is 0 Å². The van der Waals surface area contributed by atoms with Crippen LogP contribution in [0.2, 0.25) is 0 Å². The standard InChI is InChI=1S/C15H19NO5/c1-15(2)20-12-11(17)10(19-14(12)21-15)8-16-13(18)9-6-4-3-5-7-9/h3-7,10-12,14,17H,8H2,1-2H3,(H,16,18)/t10-,11+,12+,14+/m0/s1. The zero-order valence-electron chi connectivity index (χ0n) is 12.0. The van der Waals surface area contributed by atoms with Crippen LogP contribution in [0.1, 0.15) is 24.2 Å². The highest BCUT2D eigenvalue weighted by atomic mass is 16.8. The first-order chi connectivity index (χ1) is 9.96. The summed E-state index contributed by atoms with van der Waals surface area (Å²) in [6.45, 7) is 3.75. The van der Waals surface area contributed by atoms with E-state index in [0.717, 1.165) is 0 Å². The molecule has 3 rings (SSSR count). The van der Waals surface area contributed by atoms with Crippen LogP contribution in [0.25, 0.3) is 0 Å². The zero-order chi connectivity index (χ0) is 15.0. The minimum absolute atomic E-state index is 0.203. The Morgan fingerprint density at radius 3 is 2.67 bits per heavy atom. The van der Waals surface area contributed by atoms with Crippen LogP contribution < -0.4 is 5.32 Å². The number of fused-ring (bicyclic) bond motifs is 1. The second-order valence-electron chi connectivity index (χ2n) is 5.71. The van der Waals surface area contributed by atoms with Crippen molar-refractivity contribution in [1.29, 1.82) is 0 Å². The molecule has 2 saturated heterocycles. The Labute approximate surface area is 123 Å². The molecule has 0 bridgehead atoms. The molecular formula is C15H19NO5. The van der Waals surface area contributed by atoms with Gasteiger partial charge in [-0.25, -0.2) is 0 Å². The van der Waals surface area contributed by atoms with Crippen molar-refractivity contribution in [1.82, 2.24) is 5.32 Å². The van der Waals surface area contributed by atoms with E-state index in [0.29, 0.717) is 5.56 Å². The van der Waals surface area contributed by atoms with E-state index in [1.54, 1.807) is 38.1 Å². The highest BCUT2D eigenvalue weighted by Crippen LogP contribution is 2.37. The number of carbonyl (C=O) groups excluding carboxylic acids is 1. The van der Waals surface area contributed by atoms with E-state index in [-0.39, 0.29) is 12.5 Å². The van der Waals surface area contributed by atoms with Crippen LogP contribution in [0.3, 0.4) is 0 Å². The van der Waals surface area contributed by atoms with Gasteiger partial charge in [0.2, 0.25) is 0 Å². The predicted octanol–water partition coefficient (Wildman–Crippen LogP) is 0.654. The van der Waals surface area contributed by atoms with Gasteiger partial charge >= 0.3 is 0 Å². The highest BCUT2D eigenvalue weighted by Gasteiger charge is 2.54. The van der Waals surface area contributed by atoms with Crippen molar-refractivity contribution >= 4 is 5.91 Å². The Morgan fingerprint density at radius 2 is 2.00 bits per heavy atom. The van der Waals surface area contributed by atoms with Crippen LogP contribution in [0.4, 0.5) is 0 Å². The number of ether oxygens (including phenoxy) is 3. The summed E-state index contributed by atoms with van der Waals surface area (Å²) >= 11 is 0. The number of benzene rings is 1. The maximum atomic E-state index is 11.9. The first-order valence-corrected chi connectivity index (χ1v) is 6.99. The van der Waals surface area contributed by atoms with Crippen molar-refractivity contribution in [2.24, 2.45) is 0 Å². The van der Waals surface area contributed by atoms with Crippen LogP contribution >= 0.6 is 0 Å². The van der Waals surface area contributed by atoms with E-state index in [2.05, 4.69) is 5.32 Å². The lowest BCUT2D eigenvalue weighted by atomic mass is 10.1. The van der Waals surface area contributed by atoms with Gasteiger partial charge in [0, 0.05) is 12.1 Å². The molecule has 2 N–H and O–H groups in total. The van der Waals surface area contributed by atoms with Gasteiger partial charge in [-0.2, -0.15) is 0 Å². The number of hydrogen-bond donors (Lipinski definition) is 2. The molecule has 2 aliphatic rings. The summed E-state index contributed by atoms with van der Waals surface area (Å²) < 4.78 is 16.8. The lowest BCUT2D eigenvalue weighted by molar-refractivity contribution is -0.213. The number of aliphatic hydroxyl groups excluding tert-OH is 1. The largest absolute Gasteiger partial charge is 0.387 e. The van der Waals surface area contributed by atoms with Gasteiger partial charge in [-0.3, -0.25) is 4.79 Å². The molecule has 1 aromatic rings. The van der Waals surface area contributed by atoms with Crippen molar-refractivity contribution in [3.05, 3.63) is 35.9 Å². The third kappa shape index (κ3) is 2.94. The molecule has 1 amide bonds. The summed E-state index contributed by atoms with van der Waals surface area (Å²) in [4.78, 5) is 11.9. The molecule has 0 saturated carbocycles.